The number of pyridine rings is 1. The molecule has 0 aliphatic rings. The maximum absolute atomic E-state index is 12.9. The van der Waals surface area contributed by atoms with Crippen LogP contribution in [-0.2, 0) is 10.0 Å². The summed E-state index contributed by atoms with van der Waals surface area (Å²) in [5.41, 5.74) is 2.28. The van der Waals surface area contributed by atoms with Crippen LogP contribution in [0, 0.1) is 6.92 Å². The van der Waals surface area contributed by atoms with E-state index in [2.05, 4.69) is 14.7 Å². The summed E-state index contributed by atoms with van der Waals surface area (Å²) in [5.74, 6) is 0. The number of fused-ring (bicyclic) bond motifs is 4. The van der Waals surface area contributed by atoms with Gasteiger partial charge in [0.25, 0.3) is 15.6 Å². The molecule has 2 heterocycles. The van der Waals surface area contributed by atoms with Gasteiger partial charge in [0.2, 0.25) is 0 Å². The van der Waals surface area contributed by atoms with Crippen molar-refractivity contribution in [3.8, 4) is 0 Å². The first-order valence-electron chi connectivity index (χ1n) is 9.08. The molecule has 0 radical (unpaired) electrons. The molecule has 3 aromatic carbocycles. The van der Waals surface area contributed by atoms with Crippen molar-refractivity contribution in [2.24, 2.45) is 0 Å². The van der Waals surface area contributed by atoms with Gasteiger partial charge in [0.05, 0.1) is 4.90 Å². The molecule has 3 N–H and O–H groups in total. The van der Waals surface area contributed by atoms with Gasteiger partial charge in [0, 0.05) is 28.2 Å². The minimum absolute atomic E-state index is 0.195. The van der Waals surface area contributed by atoms with Crippen LogP contribution in [0.2, 0.25) is 0 Å². The summed E-state index contributed by atoms with van der Waals surface area (Å²) in [6, 6.07) is 17.8. The number of rotatable bonds is 3. The lowest BCUT2D eigenvalue weighted by Gasteiger charge is -2.10. The summed E-state index contributed by atoms with van der Waals surface area (Å²) < 4.78 is 28.5. The molecule has 6 nitrogen and oxygen atoms in total. The Bertz CT molecular complexity index is 1580. The van der Waals surface area contributed by atoms with Crippen LogP contribution in [0.25, 0.3) is 32.6 Å². The van der Waals surface area contributed by atoms with Crippen molar-refractivity contribution in [1.29, 1.82) is 0 Å². The van der Waals surface area contributed by atoms with Gasteiger partial charge in [-0.05, 0) is 53.6 Å². The molecule has 0 spiro atoms. The van der Waals surface area contributed by atoms with Crippen molar-refractivity contribution in [2.45, 2.75) is 11.8 Å². The van der Waals surface area contributed by atoms with Crippen LogP contribution in [0.4, 0.5) is 5.69 Å². The van der Waals surface area contributed by atoms with Crippen LogP contribution in [-0.4, -0.2) is 18.4 Å². The molecule has 144 valence electrons. The predicted molar refractivity (Wildman–Crippen MR) is 116 cm³/mol. The van der Waals surface area contributed by atoms with E-state index in [9.17, 15) is 13.2 Å². The molecule has 0 atom stereocenters. The highest BCUT2D eigenvalue weighted by molar-refractivity contribution is 7.92. The molecule has 0 unspecified atom stereocenters. The number of anilines is 1. The highest BCUT2D eigenvalue weighted by atomic mass is 32.2. The molecule has 0 bridgehead atoms. The van der Waals surface area contributed by atoms with Crippen molar-refractivity contribution < 1.29 is 8.42 Å². The Balaban J connectivity index is 1.61. The monoisotopic (exact) mass is 403 g/mol. The minimum atomic E-state index is -3.76. The third-order valence-electron chi connectivity index (χ3n) is 5.12. The Kier molecular flexibility index (Phi) is 3.75. The Morgan fingerprint density at radius 3 is 2.55 bits per heavy atom. The molecule has 0 saturated carbocycles. The molecule has 0 saturated heterocycles. The number of H-pyrrole nitrogens is 2. The number of aryl methyl sites for hydroxylation is 1. The van der Waals surface area contributed by atoms with Crippen LogP contribution in [0.1, 0.15) is 5.56 Å². The summed E-state index contributed by atoms with van der Waals surface area (Å²) in [6.07, 6.45) is 1.77. The molecule has 7 heteroatoms. The Morgan fingerprint density at radius 1 is 0.931 bits per heavy atom. The molecule has 2 aromatic heterocycles. The highest BCUT2D eigenvalue weighted by Crippen LogP contribution is 2.28. The van der Waals surface area contributed by atoms with E-state index < -0.39 is 10.0 Å². The van der Waals surface area contributed by atoms with E-state index in [1.807, 2.05) is 31.2 Å². The van der Waals surface area contributed by atoms with Gasteiger partial charge < -0.3 is 9.97 Å². The average molecular weight is 403 g/mol. The van der Waals surface area contributed by atoms with Crippen LogP contribution >= 0.6 is 0 Å². The maximum Gasteiger partial charge on any atom is 0.272 e. The van der Waals surface area contributed by atoms with E-state index in [1.165, 1.54) is 0 Å². The number of nitrogens with one attached hydrogen (secondary N) is 3. The first-order chi connectivity index (χ1) is 13.9. The van der Waals surface area contributed by atoms with E-state index >= 15 is 0 Å². The summed E-state index contributed by atoms with van der Waals surface area (Å²) in [4.78, 5) is 18.2. The van der Waals surface area contributed by atoms with Gasteiger partial charge in [0.15, 0.2) is 0 Å². The molecule has 29 heavy (non-hydrogen) atoms. The van der Waals surface area contributed by atoms with Gasteiger partial charge in [-0.3, -0.25) is 9.52 Å². The standard InChI is InChI=1S/C22H17N3O3S/c1-13-12-23-21-20(13)18-11-16(7-9-19(18)24-22(21)26)25-29(27,28)17-8-6-14-4-2-3-5-15(14)10-17/h2-12,23,25H,1H3,(H,24,26). The number of hydrogen-bond acceptors (Lipinski definition) is 3. The van der Waals surface area contributed by atoms with Crippen molar-refractivity contribution in [2.75, 3.05) is 4.72 Å². The van der Waals surface area contributed by atoms with E-state index in [4.69, 9.17) is 0 Å². The lowest BCUT2D eigenvalue weighted by atomic mass is 10.1. The summed E-state index contributed by atoms with van der Waals surface area (Å²) >= 11 is 0. The van der Waals surface area contributed by atoms with E-state index in [1.54, 1.807) is 42.6 Å². The maximum atomic E-state index is 12.9. The van der Waals surface area contributed by atoms with Crippen molar-refractivity contribution in [3.63, 3.8) is 0 Å². The summed E-state index contributed by atoms with van der Waals surface area (Å²) in [6.45, 7) is 1.91. The minimum Gasteiger partial charge on any atom is -0.356 e. The number of benzene rings is 3. The second-order valence-electron chi connectivity index (χ2n) is 7.05. The zero-order valence-corrected chi connectivity index (χ0v) is 16.3. The average Bonchev–Trinajstić information content (AvgIpc) is 3.10. The quantitative estimate of drug-likeness (QED) is 0.420. The molecule has 0 amide bonds. The first kappa shape index (κ1) is 17.5. The van der Waals surface area contributed by atoms with Crippen LogP contribution < -0.4 is 10.3 Å². The van der Waals surface area contributed by atoms with Gasteiger partial charge in [-0.25, -0.2) is 8.42 Å². The topological polar surface area (TPSA) is 94.8 Å². The lowest BCUT2D eigenvalue weighted by Crippen LogP contribution is -2.13. The van der Waals surface area contributed by atoms with Crippen molar-refractivity contribution in [3.05, 3.63) is 82.8 Å². The fraction of sp³-hybridized carbons (Fsp3) is 0.0455. The zero-order chi connectivity index (χ0) is 20.2. The first-order valence-corrected chi connectivity index (χ1v) is 10.6. The Morgan fingerprint density at radius 2 is 1.72 bits per heavy atom. The normalized spacial score (nSPS) is 12.0. The third-order valence-corrected chi connectivity index (χ3v) is 6.50. The molecule has 5 aromatic rings. The zero-order valence-electron chi connectivity index (χ0n) is 15.5. The second kappa shape index (κ2) is 6.22. The molecule has 5 rings (SSSR count). The van der Waals surface area contributed by atoms with Gasteiger partial charge in [0.1, 0.15) is 5.52 Å². The highest BCUT2D eigenvalue weighted by Gasteiger charge is 2.16. The number of hydrogen-bond donors (Lipinski definition) is 3. The number of aromatic amines is 2. The fourth-order valence-electron chi connectivity index (χ4n) is 3.71. The van der Waals surface area contributed by atoms with E-state index in [0.29, 0.717) is 16.7 Å². The van der Waals surface area contributed by atoms with E-state index in [-0.39, 0.29) is 10.5 Å². The Labute approximate surface area is 166 Å². The Hall–Kier alpha value is -3.58. The molecule has 0 aliphatic heterocycles. The summed E-state index contributed by atoms with van der Waals surface area (Å²) in [7, 11) is -3.76. The van der Waals surface area contributed by atoms with Crippen LogP contribution in [0.15, 0.2) is 76.6 Å². The molecule has 0 aliphatic carbocycles. The second-order valence-corrected chi connectivity index (χ2v) is 8.73. The van der Waals surface area contributed by atoms with E-state index in [0.717, 1.165) is 27.1 Å². The van der Waals surface area contributed by atoms with Gasteiger partial charge >= 0.3 is 0 Å². The SMILES string of the molecule is Cc1c[nH]c2c(=O)[nH]c3ccc(NS(=O)(=O)c4ccc5ccccc5c4)cc3c12. The molecular formula is C22H17N3O3S. The van der Waals surface area contributed by atoms with Gasteiger partial charge in [-0.2, -0.15) is 0 Å². The van der Waals surface area contributed by atoms with Crippen LogP contribution in [0.3, 0.4) is 0 Å². The largest absolute Gasteiger partial charge is 0.356 e. The molecule has 0 fully saturated rings. The third kappa shape index (κ3) is 2.87. The fourth-order valence-corrected chi connectivity index (χ4v) is 4.79. The van der Waals surface area contributed by atoms with Gasteiger partial charge in [-0.15, -0.1) is 0 Å². The van der Waals surface area contributed by atoms with Crippen molar-refractivity contribution in [1.82, 2.24) is 9.97 Å². The van der Waals surface area contributed by atoms with Crippen molar-refractivity contribution >= 4 is 48.3 Å². The summed E-state index contributed by atoms with van der Waals surface area (Å²) in [5, 5.41) is 3.40. The smallest absolute Gasteiger partial charge is 0.272 e. The molecular weight excluding hydrogens is 386 g/mol. The number of sulfonamides is 1. The lowest BCUT2D eigenvalue weighted by molar-refractivity contribution is 0.601. The predicted octanol–water partition coefficient (Wildman–Crippen LogP) is 4.27. The van der Waals surface area contributed by atoms with Crippen LogP contribution in [0.5, 0.6) is 0 Å². The number of aromatic nitrogens is 2. The van der Waals surface area contributed by atoms with Gasteiger partial charge in [-0.1, -0.05) is 30.3 Å².